The summed E-state index contributed by atoms with van der Waals surface area (Å²) in [5.41, 5.74) is 0.571. The molecule has 1 aliphatic rings. The third-order valence-corrected chi connectivity index (χ3v) is 4.22. The maximum absolute atomic E-state index is 12.0. The number of carbonyl (C=O) groups excluding carboxylic acids is 1. The highest BCUT2D eigenvalue weighted by atomic mass is 79.9. The Labute approximate surface area is 123 Å². The predicted octanol–water partition coefficient (Wildman–Crippen LogP) is 2.52. The molecule has 1 aliphatic carbocycles. The third-order valence-electron chi connectivity index (χ3n) is 3.72. The zero-order valence-electron chi connectivity index (χ0n) is 10.6. The highest BCUT2D eigenvalue weighted by Gasteiger charge is 2.50. The van der Waals surface area contributed by atoms with E-state index in [1.807, 2.05) is 18.2 Å². The van der Waals surface area contributed by atoms with Crippen molar-refractivity contribution in [2.75, 3.05) is 6.54 Å². The van der Waals surface area contributed by atoms with Crippen LogP contribution in [0, 0.1) is 5.41 Å². The van der Waals surface area contributed by atoms with Crippen molar-refractivity contribution in [1.82, 2.24) is 10.3 Å². The number of halogens is 1. The summed E-state index contributed by atoms with van der Waals surface area (Å²) < 4.78 is 0.943. The van der Waals surface area contributed by atoms with Gasteiger partial charge < -0.3 is 15.4 Å². The Kier molecular flexibility index (Phi) is 3.05. The van der Waals surface area contributed by atoms with Gasteiger partial charge in [-0.2, -0.15) is 0 Å². The van der Waals surface area contributed by atoms with Crippen LogP contribution in [0.1, 0.15) is 23.3 Å². The number of hydrogen-bond donors (Lipinski definition) is 3. The van der Waals surface area contributed by atoms with Gasteiger partial charge in [0.1, 0.15) is 5.69 Å². The van der Waals surface area contributed by atoms with Gasteiger partial charge in [0.25, 0.3) is 5.91 Å². The first kappa shape index (κ1) is 13.2. The first-order valence-corrected chi connectivity index (χ1v) is 7.09. The molecule has 0 atom stereocenters. The number of fused-ring (bicyclic) bond motifs is 1. The van der Waals surface area contributed by atoms with E-state index in [0.717, 1.165) is 15.4 Å². The number of hydrogen-bond acceptors (Lipinski definition) is 2. The predicted molar refractivity (Wildman–Crippen MR) is 77.6 cm³/mol. The smallest absolute Gasteiger partial charge is 0.311 e. The van der Waals surface area contributed by atoms with Crippen molar-refractivity contribution in [1.29, 1.82) is 0 Å². The molecule has 1 amide bonds. The van der Waals surface area contributed by atoms with Crippen molar-refractivity contribution in [3.63, 3.8) is 0 Å². The van der Waals surface area contributed by atoms with Gasteiger partial charge in [-0.25, -0.2) is 0 Å². The number of carboxylic acids is 1. The van der Waals surface area contributed by atoms with Crippen LogP contribution in [-0.2, 0) is 4.79 Å². The number of rotatable bonds is 4. The van der Waals surface area contributed by atoms with E-state index in [-0.39, 0.29) is 12.5 Å². The molecule has 2 aromatic rings. The van der Waals surface area contributed by atoms with Gasteiger partial charge in [0.15, 0.2) is 0 Å². The molecule has 0 radical (unpaired) electrons. The fraction of sp³-hybridized carbons (Fsp3) is 0.286. The van der Waals surface area contributed by atoms with Gasteiger partial charge >= 0.3 is 5.97 Å². The zero-order valence-corrected chi connectivity index (χ0v) is 12.2. The molecule has 20 heavy (non-hydrogen) atoms. The number of amides is 1. The molecule has 0 spiro atoms. The zero-order chi connectivity index (χ0) is 14.3. The summed E-state index contributed by atoms with van der Waals surface area (Å²) in [5.74, 6) is -1.11. The average Bonchev–Trinajstić information content (AvgIpc) is 3.09. The van der Waals surface area contributed by atoms with Crippen LogP contribution < -0.4 is 5.32 Å². The summed E-state index contributed by atoms with van der Waals surface area (Å²) in [6.45, 7) is 0.181. The quantitative estimate of drug-likeness (QED) is 0.802. The normalized spacial score (nSPS) is 16.1. The molecule has 3 N–H and O–H groups in total. The van der Waals surface area contributed by atoms with Gasteiger partial charge in [-0.3, -0.25) is 9.59 Å². The van der Waals surface area contributed by atoms with E-state index >= 15 is 0 Å². The highest BCUT2D eigenvalue weighted by Crippen LogP contribution is 2.45. The van der Waals surface area contributed by atoms with E-state index in [1.54, 1.807) is 6.07 Å². The minimum Gasteiger partial charge on any atom is -0.481 e. The number of carboxylic acid groups (broad SMARTS) is 1. The Morgan fingerprint density at radius 1 is 1.35 bits per heavy atom. The van der Waals surface area contributed by atoms with Gasteiger partial charge in [0, 0.05) is 21.9 Å². The second-order valence-corrected chi connectivity index (χ2v) is 6.10. The lowest BCUT2D eigenvalue weighted by molar-refractivity contribution is -0.143. The first-order chi connectivity index (χ1) is 9.50. The third kappa shape index (κ3) is 2.31. The maximum atomic E-state index is 12.0. The van der Waals surface area contributed by atoms with Crippen molar-refractivity contribution in [3.05, 3.63) is 34.4 Å². The van der Waals surface area contributed by atoms with E-state index in [2.05, 4.69) is 26.2 Å². The number of nitrogens with one attached hydrogen (secondary N) is 2. The van der Waals surface area contributed by atoms with Crippen LogP contribution in [0.5, 0.6) is 0 Å². The summed E-state index contributed by atoms with van der Waals surface area (Å²) in [6.07, 6.45) is 1.25. The summed E-state index contributed by atoms with van der Waals surface area (Å²) in [4.78, 5) is 26.1. The highest BCUT2D eigenvalue weighted by molar-refractivity contribution is 9.10. The summed E-state index contributed by atoms with van der Waals surface area (Å²) in [6, 6.07) is 7.46. The molecule has 5 nitrogen and oxygen atoms in total. The van der Waals surface area contributed by atoms with Crippen molar-refractivity contribution in [2.45, 2.75) is 12.8 Å². The Morgan fingerprint density at radius 3 is 2.75 bits per heavy atom. The molecule has 0 unspecified atom stereocenters. The first-order valence-electron chi connectivity index (χ1n) is 6.30. The van der Waals surface area contributed by atoms with E-state index in [1.165, 1.54) is 0 Å². The van der Waals surface area contributed by atoms with Crippen molar-refractivity contribution < 1.29 is 14.7 Å². The Balaban J connectivity index is 1.74. The number of benzene rings is 1. The Morgan fingerprint density at radius 2 is 2.10 bits per heavy atom. The van der Waals surface area contributed by atoms with Gasteiger partial charge in [0.05, 0.1) is 5.41 Å². The molecule has 1 aromatic heterocycles. The number of H-pyrrole nitrogens is 1. The standard InChI is InChI=1S/C14H13BrN2O3/c15-9-1-2-10-8(5-9)6-11(17-10)12(18)16-7-14(3-4-14)13(19)20/h1-2,5-6,17H,3-4,7H2,(H,16,18)(H,19,20). The molecule has 1 saturated carbocycles. The molecular weight excluding hydrogens is 324 g/mol. The second-order valence-electron chi connectivity index (χ2n) is 5.18. The van der Waals surface area contributed by atoms with Gasteiger partial charge in [-0.05, 0) is 37.1 Å². The second kappa shape index (κ2) is 4.63. The SMILES string of the molecule is O=C(NCC1(C(=O)O)CC1)c1cc2cc(Br)ccc2[nH]1. The number of aromatic nitrogens is 1. The molecular formula is C14H13BrN2O3. The fourth-order valence-corrected chi connectivity index (χ4v) is 2.57. The van der Waals surface area contributed by atoms with Crippen molar-refractivity contribution in [2.24, 2.45) is 5.41 Å². The molecule has 1 fully saturated rings. The monoisotopic (exact) mass is 336 g/mol. The van der Waals surface area contributed by atoms with E-state index in [4.69, 9.17) is 5.11 Å². The fourth-order valence-electron chi connectivity index (χ4n) is 2.19. The summed E-state index contributed by atoms with van der Waals surface area (Å²) in [7, 11) is 0. The summed E-state index contributed by atoms with van der Waals surface area (Å²) in [5, 5.41) is 12.7. The van der Waals surface area contributed by atoms with Crippen LogP contribution in [0.2, 0.25) is 0 Å². The van der Waals surface area contributed by atoms with E-state index < -0.39 is 11.4 Å². The molecule has 0 saturated heterocycles. The Bertz CT molecular complexity index is 704. The molecule has 0 bridgehead atoms. The number of carbonyl (C=O) groups is 2. The minimum absolute atomic E-state index is 0.181. The summed E-state index contributed by atoms with van der Waals surface area (Å²) >= 11 is 3.38. The molecule has 6 heteroatoms. The molecule has 1 aromatic carbocycles. The van der Waals surface area contributed by atoms with Gasteiger partial charge in [-0.15, -0.1) is 0 Å². The largest absolute Gasteiger partial charge is 0.481 e. The molecule has 1 heterocycles. The maximum Gasteiger partial charge on any atom is 0.311 e. The van der Waals surface area contributed by atoms with Gasteiger partial charge in [0.2, 0.25) is 0 Å². The number of aliphatic carboxylic acids is 1. The lowest BCUT2D eigenvalue weighted by Crippen LogP contribution is -2.34. The van der Waals surface area contributed by atoms with E-state index in [9.17, 15) is 9.59 Å². The van der Waals surface area contributed by atoms with Crippen molar-refractivity contribution in [3.8, 4) is 0 Å². The molecule has 3 rings (SSSR count). The van der Waals surface area contributed by atoms with Gasteiger partial charge in [-0.1, -0.05) is 15.9 Å². The average molecular weight is 337 g/mol. The Hall–Kier alpha value is -1.82. The number of aromatic amines is 1. The minimum atomic E-state index is -0.835. The van der Waals surface area contributed by atoms with Crippen LogP contribution in [-0.4, -0.2) is 28.5 Å². The van der Waals surface area contributed by atoms with Crippen LogP contribution >= 0.6 is 15.9 Å². The lowest BCUT2D eigenvalue weighted by atomic mass is 10.1. The lowest BCUT2D eigenvalue weighted by Gasteiger charge is -2.10. The van der Waals surface area contributed by atoms with Crippen LogP contribution in [0.4, 0.5) is 0 Å². The van der Waals surface area contributed by atoms with Crippen molar-refractivity contribution >= 4 is 38.7 Å². The van der Waals surface area contributed by atoms with E-state index in [0.29, 0.717) is 18.5 Å². The topological polar surface area (TPSA) is 82.2 Å². The molecule has 104 valence electrons. The molecule has 0 aliphatic heterocycles. The van der Waals surface area contributed by atoms with Crippen LogP contribution in [0.25, 0.3) is 10.9 Å². The van der Waals surface area contributed by atoms with Crippen LogP contribution in [0.3, 0.4) is 0 Å². The van der Waals surface area contributed by atoms with Crippen LogP contribution in [0.15, 0.2) is 28.7 Å².